The van der Waals surface area contributed by atoms with Gasteiger partial charge in [-0.3, -0.25) is 86.9 Å². The van der Waals surface area contributed by atoms with Crippen LogP contribution < -0.4 is 75.7 Å². The van der Waals surface area contributed by atoms with E-state index in [9.17, 15) is 33.9 Å². The van der Waals surface area contributed by atoms with Crippen molar-refractivity contribution in [2.45, 2.75) is 234 Å². The molecule has 0 radical (unpaired) electrons. The smallest absolute Gasteiger partial charge is 0.249 e. The molecule has 3 saturated heterocycles. The first-order valence-electron chi connectivity index (χ1n) is 47.2. The number of aromatic amines is 3. The number of hydrogen-bond donors (Lipinski definition) is 19. The third kappa shape index (κ3) is 25.0. The number of primary amides is 2. The third-order valence-electron chi connectivity index (χ3n) is 27.0. The van der Waals surface area contributed by atoms with Crippen molar-refractivity contribution in [1.82, 2.24) is 103 Å². The van der Waals surface area contributed by atoms with Crippen molar-refractivity contribution < 1.29 is 86.6 Å². The molecule has 2 unspecified atom stereocenters. The third-order valence-corrected chi connectivity index (χ3v) is 29.1. The zero-order valence-electron chi connectivity index (χ0n) is 79.3. The van der Waals surface area contributed by atoms with E-state index in [0.29, 0.717) is 69.9 Å². The Morgan fingerprint density at radius 3 is 1.78 bits per heavy atom. The minimum absolute atomic E-state index is 0.00235. The maximum absolute atomic E-state index is 16.3. The lowest BCUT2D eigenvalue weighted by molar-refractivity contribution is -0.153. The molecule has 7 aromatic rings. The molecule has 17 amide bonds. The van der Waals surface area contributed by atoms with E-state index in [-0.39, 0.29) is 109 Å². The van der Waals surface area contributed by atoms with Gasteiger partial charge in [-0.25, -0.2) is 4.98 Å². The van der Waals surface area contributed by atoms with Gasteiger partial charge >= 0.3 is 0 Å². The number of aromatic nitrogens is 4. The summed E-state index contributed by atoms with van der Waals surface area (Å²) in [5, 5.41) is 53.1. The Balaban J connectivity index is 0.899. The zero-order chi connectivity index (χ0) is 100. The van der Waals surface area contributed by atoms with E-state index in [4.69, 9.17) is 22.6 Å². The van der Waals surface area contributed by atoms with Crippen LogP contribution in [0.3, 0.4) is 0 Å². The fourth-order valence-corrected chi connectivity index (χ4v) is 21.2. The molecule has 16 atom stereocenters. The summed E-state index contributed by atoms with van der Waals surface area (Å²) >= 11 is 2.19. The Labute approximate surface area is 811 Å². The van der Waals surface area contributed by atoms with E-state index in [2.05, 4.69) is 78.4 Å². The Morgan fingerprint density at radius 2 is 1.13 bits per heavy atom. The van der Waals surface area contributed by atoms with Gasteiger partial charge in [-0.15, -0.1) is 23.1 Å². The highest BCUT2D eigenvalue weighted by atomic mass is 32.2. The molecule has 44 heteroatoms. The van der Waals surface area contributed by atoms with Gasteiger partial charge in [0.25, 0.3) is 0 Å². The van der Waals surface area contributed by atoms with Crippen LogP contribution in [0.15, 0.2) is 103 Å². The number of carbonyl (C=O) groups excluding carboxylic acids is 17. The zero-order valence-corrected chi connectivity index (χ0v) is 80.9. The lowest BCUT2D eigenvalue weighted by Gasteiger charge is -2.38. The van der Waals surface area contributed by atoms with Crippen molar-refractivity contribution in [1.29, 1.82) is 5.41 Å². The number of para-hydroxylation sites is 1. The van der Waals surface area contributed by atoms with Crippen LogP contribution in [0.2, 0.25) is 0 Å². The first kappa shape index (κ1) is 104. The predicted octanol–water partition coefficient (Wildman–Crippen LogP) is -0.391. The highest BCUT2D eigenvalue weighted by molar-refractivity contribution is 8.00. The van der Waals surface area contributed by atoms with Gasteiger partial charge in [-0.2, -0.15) is 0 Å². The highest BCUT2D eigenvalue weighted by Crippen LogP contribution is 2.57. The fourth-order valence-electron chi connectivity index (χ4n) is 19.4. The number of nitrogens with one attached hydrogen (secondary N) is 15. The number of amides is 17. The van der Waals surface area contributed by atoms with Crippen molar-refractivity contribution in [2.24, 2.45) is 35.0 Å². The number of thioether (sulfide) groups is 1. The average molecular weight is 1960 g/mol. The summed E-state index contributed by atoms with van der Waals surface area (Å²) in [7, 11) is 4.16. The number of benzene rings is 3. The van der Waals surface area contributed by atoms with Crippen molar-refractivity contribution in [3.63, 3.8) is 0 Å². The number of thiophene rings is 1. The van der Waals surface area contributed by atoms with Crippen LogP contribution >= 0.6 is 23.1 Å². The minimum Gasteiger partial charge on any atom is -0.394 e. The molecule has 3 aromatic carbocycles. The summed E-state index contributed by atoms with van der Waals surface area (Å²) in [6.07, 6.45) is 6.93. The molecule has 5 aliphatic rings. The van der Waals surface area contributed by atoms with Crippen molar-refractivity contribution in [3.05, 3.63) is 125 Å². The number of nitrogens with zero attached hydrogens (tertiary/aromatic N) is 6. The number of aliphatic hydroxyl groups excluding tert-OH is 1. The van der Waals surface area contributed by atoms with Crippen LogP contribution in [0.5, 0.6) is 0 Å². The number of carbonyl (C=O) groups is 17. The van der Waals surface area contributed by atoms with Crippen LogP contribution in [-0.4, -0.2) is 305 Å². The van der Waals surface area contributed by atoms with Gasteiger partial charge in [0.2, 0.25) is 100 Å². The van der Waals surface area contributed by atoms with E-state index in [1.807, 2.05) is 43.5 Å². The Bertz CT molecular complexity index is 5730. The number of likely N-dealkylation sites (N-methyl/N-ethyl adjacent to an activating group) is 3. The summed E-state index contributed by atoms with van der Waals surface area (Å²) in [6.45, 7) is 6.89. The number of nitrogens with two attached hydrogens (primary N) is 3. The van der Waals surface area contributed by atoms with Gasteiger partial charge < -0.3 is 120 Å². The number of imidazole rings is 1. The van der Waals surface area contributed by atoms with Crippen LogP contribution in [0.1, 0.15) is 147 Å². The maximum atomic E-state index is 16.3. The molecule has 22 N–H and O–H groups in total. The van der Waals surface area contributed by atoms with Gasteiger partial charge in [0.05, 0.1) is 31.7 Å². The van der Waals surface area contributed by atoms with Crippen LogP contribution in [0, 0.1) is 23.2 Å². The molecule has 12 rings (SSSR count). The molecule has 5 fully saturated rings. The molecule has 42 nitrogen and oxygen atoms in total. The molecular formula is C95H128N24O18S2. The second kappa shape index (κ2) is 46.8. The predicted molar refractivity (Wildman–Crippen MR) is 517 cm³/mol. The first-order valence-corrected chi connectivity index (χ1v) is 49.2. The van der Waals surface area contributed by atoms with E-state index < -0.39 is 233 Å². The van der Waals surface area contributed by atoms with E-state index in [0.717, 1.165) is 31.6 Å². The summed E-state index contributed by atoms with van der Waals surface area (Å²) in [5.41, 5.74) is 17.0. The van der Waals surface area contributed by atoms with Crippen LogP contribution in [0.4, 0.5) is 0 Å². The lowest BCUT2D eigenvalue weighted by atomic mass is 9.99. The summed E-state index contributed by atoms with van der Waals surface area (Å²) < 4.78 is 0.838. The molecule has 2 saturated carbocycles. The van der Waals surface area contributed by atoms with E-state index in [1.165, 1.54) is 66.6 Å². The quantitative estimate of drug-likeness (QED) is 0.0208. The van der Waals surface area contributed by atoms with Crippen LogP contribution in [0.25, 0.3) is 31.9 Å². The summed E-state index contributed by atoms with van der Waals surface area (Å²) in [5.74, 6) is -17.6. The monoisotopic (exact) mass is 1960 g/mol. The molecular weight excluding hydrogens is 1830 g/mol. The average Bonchev–Trinajstić information content (AvgIpc) is 1.53. The Kier molecular flexibility index (Phi) is 35.1. The summed E-state index contributed by atoms with van der Waals surface area (Å²) in [4.78, 5) is 273. The van der Waals surface area contributed by atoms with E-state index in [1.54, 1.807) is 74.8 Å². The van der Waals surface area contributed by atoms with Gasteiger partial charge in [0, 0.05) is 123 Å². The standard InChI is InChI=1S/C95H128N24O18S2/c1-9-19-56-41-94(56)91(136)114-64(26-16-31-102-93(98)99)81(126)113-72(80(125)104-45-77(97)122)48-138-49-78(123)106-68(36-53-21-15-25-62-60(53)30-32-101-62)87(132)115(6)52(5)79(124)109-70(40-76(96)121)90(135)119-34-18-28-74(119)86(131)108-66(39-58-44-100-50-105-58)83(128)110-67(35-51(3)4)89(134)118-33-17-27-73(118)85(130)107-65(37-54-43-103-63-24-13-11-22-59(54)63)82(127)112-71(46-120)84(129)111-69(38-55-47-139-75-29-14-12-23-61(55)75)88(133)116(7)95(92(137)117(94)8)42-57(95)20-10-2/h11-15,21-25,29-30,32,43-44,47,50-52,56-57,64-74,101,103,120H,9-10,16-20,26-28,31,33-42,45-46,48-49H2,1-8H3,(H2,96,121)(H2,97,122)(H,100,105)(H,104,125)(H,106,123)(H,107,130)(H,108,131)(H,109,124)(H,110,128)(H,111,129)(H,112,127)(H,113,126)(H,114,136)(H4,98,99,102)/t52-,56+,57+,64-,65-,66-,67-,68-,69-,70-,71-,72-,73-,74-,94?,95?/m0/s1. The topological polar surface area (TPSA) is 621 Å². The lowest BCUT2D eigenvalue weighted by Crippen LogP contribution is -2.63. The van der Waals surface area contributed by atoms with Crippen molar-refractivity contribution >= 4 is 161 Å². The minimum atomic E-state index is -1.83. The largest absolute Gasteiger partial charge is 0.394 e. The maximum Gasteiger partial charge on any atom is 0.249 e. The number of H-pyrrole nitrogens is 3. The molecule has 4 aromatic heterocycles. The molecule has 748 valence electrons. The second-order valence-corrected chi connectivity index (χ2v) is 39.0. The van der Waals surface area contributed by atoms with Gasteiger partial charge in [-0.1, -0.05) is 89.1 Å². The SMILES string of the molecule is CCC[C@@H]1CC12C(=O)N[C@@H](CCCNC(=N)N)C(=O)N[C@H](C(=O)NCC(N)=O)CSCC(=O)N[C@@H](Cc1cccc3[nH]ccc13)C(=O)N(C)[C@@H](C)C(=O)N[C@@H](CC(N)=O)C(=O)N1CCC[C@H]1C(=O)N[C@@H](Cc1cnc[nH]1)C(=O)N[C@@H](CC(C)C)C(=O)N1CCC[C@H]1C(=O)N[C@@H](Cc1c[nH]c3ccccc13)C(=O)N[C@@H](CO)C(=O)N[C@@H](Cc1csc3ccccc13)C(=O)N(C)C1(C[C@H]1CCC)C(=O)N2C. The first-order chi connectivity index (χ1) is 66.4. The second-order valence-electron chi connectivity index (χ2n) is 37.1. The number of guanidine groups is 1. The number of rotatable bonds is 24. The van der Waals surface area contributed by atoms with Crippen molar-refractivity contribution in [3.8, 4) is 0 Å². The number of hydrogen-bond acceptors (Lipinski definition) is 22. The van der Waals surface area contributed by atoms with Crippen LogP contribution in [-0.2, 0) is 107 Å². The molecule has 3 aliphatic heterocycles. The fraction of sp³-hybridized carbons (Fsp3) is 0.526. The highest BCUT2D eigenvalue weighted by Gasteiger charge is 2.71. The molecule has 2 aliphatic carbocycles. The van der Waals surface area contributed by atoms with Gasteiger partial charge in [0.1, 0.15) is 83.6 Å². The van der Waals surface area contributed by atoms with Gasteiger partial charge in [-0.05, 0) is 147 Å². The summed E-state index contributed by atoms with van der Waals surface area (Å²) in [6, 6.07) is 3.29. The van der Waals surface area contributed by atoms with Crippen molar-refractivity contribution in [2.75, 3.05) is 65.4 Å². The Morgan fingerprint density at radius 1 is 0.561 bits per heavy atom. The molecule has 139 heavy (non-hydrogen) atoms. The molecule has 7 heterocycles. The normalized spacial score (nSPS) is 26.7. The Hall–Kier alpha value is -13.5. The number of aliphatic hydroxyl groups is 1. The van der Waals surface area contributed by atoms with E-state index >= 15 is 52.7 Å². The van der Waals surface area contributed by atoms with Gasteiger partial charge in [0.15, 0.2) is 5.96 Å². The molecule has 0 bridgehead atoms. The number of fused-ring (bicyclic) bond motifs is 5. The molecule has 2 spiro atoms.